The molecule has 12 heteroatoms. The summed E-state index contributed by atoms with van der Waals surface area (Å²) in [5.41, 5.74) is -0.187. The van der Waals surface area contributed by atoms with Crippen molar-refractivity contribution in [1.29, 1.82) is 0 Å². The molecule has 11 nitrogen and oxygen atoms in total. The first kappa shape index (κ1) is 22.5. The maximum atomic E-state index is 13.1. The van der Waals surface area contributed by atoms with E-state index >= 15 is 0 Å². The van der Waals surface area contributed by atoms with Gasteiger partial charge >= 0.3 is 0 Å². The van der Waals surface area contributed by atoms with Gasteiger partial charge in [0.15, 0.2) is 5.65 Å². The Balaban J connectivity index is 1.37. The Bertz CT molecular complexity index is 1420. The van der Waals surface area contributed by atoms with Gasteiger partial charge in [-0.25, -0.2) is 18.1 Å². The Hall–Kier alpha value is -3.25. The van der Waals surface area contributed by atoms with E-state index in [9.17, 15) is 23.1 Å². The minimum absolute atomic E-state index is 0.0825. The normalized spacial score (nSPS) is 18.2. The molecule has 3 aromatic rings. The number of carbonyl (C=O) groups excluding carboxylic acids is 1. The zero-order chi connectivity index (χ0) is 24.1. The van der Waals surface area contributed by atoms with Gasteiger partial charge in [-0.1, -0.05) is 6.07 Å². The molecule has 180 valence electrons. The van der Waals surface area contributed by atoms with Gasteiger partial charge < -0.3 is 10.0 Å². The van der Waals surface area contributed by atoms with Crippen LogP contribution in [0.15, 0.2) is 41.6 Å². The molecule has 1 amide bonds. The van der Waals surface area contributed by atoms with Crippen LogP contribution in [-0.2, 0) is 21.4 Å². The first-order valence-corrected chi connectivity index (χ1v) is 13.0. The van der Waals surface area contributed by atoms with Gasteiger partial charge in [-0.3, -0.25) is 18.9 Å². The van der Waals surface area contributed by atoms with Gasteiger partial charge in [-0.05, 0) is 43.9 Å². The van der Waals surface area contributed by atoms with Crippen LogP contribution in [0.2, 0.25) is 0 Å². The first-order valence-electron chi connectivity index (χ1n) is 11.1. The number of piperidine rings is 1. The summed E-state index contributed by atoms with van der Waals surface area (Å²) in [4.78, 5) is 31.6. The number of rotatable bonds is 6. The molecule has 34 heavy (non-hydrogen) atoms. The number of nitrogens with zero attached hydrogens (tertiary/aromatic N) is 5. The molecule has 0 bridgehead atoms. The van der Waals surface area contributed by atoms with Crippen LogP contribution in [0.25, 0.3) is 16.7 Å². The lowest BCUT2D eigenvalue weighted by Gasteiger charge is -2.38. The van der Waals surface area contributed by atoms with Crippen molar-refractivity contribution >= 4 is 32.7 Å². The van der Waals surface area contributed by atoms with Crippen molar-refractivity contribution in [3.63, 3.8) is 0 Å². The van der Waals surface area contributed by atoms with Crippen molar-refractivity contribution in [2.24, 2.45) is 5.92 Å². The highest BCUT2D eigenvalue weighted by atomic mass is 32.2. The number of hydrogen-bond donors (Lipinski definition) is 2. The summed E-state index contributed by atoms with van der Waals surface area (Å²) in [6, 6.07) is 6.61. The summed E-state index contributed by atoms with van der Waals surface area (Å²) in [6.07, 6.45) is 6.57. The van der Waals surface area contributed by atoms with Gasteiger partial charge in [0.05, 0.1) is 36.0 Å². The average Bonchev–Trinajstić information content (AvgIpc) is 3.53. The van der Waals surface area contributed by atoms with Crippen LogP contribution in [-0.4, -0.2) is 68.6 Å². The Morgan fingerprint density at radius 2 is 2.00 bits per heavy atom. The van der Waals surface area contributed by atoms with Gasteiger partial charge in [0.2, 0.25) is 15.9 Å². The minimum atomic E-state index is -3.44. The van der Waals surface area contributed by atoms with Gasteiger partial charge in [0.25, 0.3) is 5.56 Å². The molecule has 1 aliphatic carbocycles. The Morgan fingerprint density at radius 1 is 1.26 bits per heavy atom. The molecule has 1 saturated heterocycles. The number of likely N-dealkylation sites (tertiary alicyclic amines) is 1. The number of anilines is 1. The van der Waals surface area contributed by atoms with E-state index in [-0.39, 0.29) is 29.3 Å². The number of nitrogens with one attached hydrogen (secondary N) is 1. The number of hydrogen-bond acceptors (Lipinski definition) is 7. The summed E-state index contributed by atoms with van der Waals surface area (Å²) in [6.45, 7) is 1.04. The summed E-state index contributed by atoms with van der Waals surface area (Å²) in [5, 5.41) is 15.6. The maximum Gasteiger partial charge on any atom is 0.264 e. The quantitative estimate of drug-likeness (QED) is 0.523. The molecule has 0 atom stereocenters. The summed E-state index contributed by atoms with van der Waals surface area (Å²) < 4.78 is 28.3. The highest BCUT2D eigenvalue weighted by Crippen LogP contribution is 2.33. The van der Waals surface area contributed by atoms with E-state index in [1.807, 2.05) is 4.90 Å². The van der Waals surface area contributed by atoms with E-state index in [2.05, 4.69) is 14.8 Å². The lowest BCUT2D eigenvalue weighted by atomic mass is 9.91. The van der Waals surface area contributed by atoms with Crippen molar-refractivity contribution < 1.29 is 18.3 Å². The van der Waals surface area contributed by atoms with Crippen LogP contribution in [0, 0.1) is 5.92 Å². The fraction of sp³-hybridized carbons (Fsp3) is 0.455. The molecule has 1 saturated carbocycles. The second-order valence-corrected chi connectivity index (χ2v) is 11.0. The largest absolute Gasteiger partial charge is 0.388 e. The van der Waals surface area contributed by atoms with Crippen molar-refractivity contribution in [2.75, 3.05) is 24.1 Å². The number of sulfonamides is 1. The van der Waals surface area contributed by atoms with Crippen LogP contribution < -0.4 is 10.3 Å². The Labute approximate surface area is 196 Å². The van der Waals surface area contributed by atoms with E-state index in [4.69, 9.17) is 0 Å². The summed E-state index contributed by atoms with van der Waals surface area (Å²) in [5.74, 6) is 0.324. The topological polar surface area (TPSA) is 139 Å². The molecular weight excluding hydrogens is 460 g/mol. The third-order valence-corrected chi connectivity index (χ3v) is 6.95. The Kier molecular flexibility index (Phi) is 5.44. The monoisotopic (exact) mass is 486 g/mol. The van der Waals surface area contributed by atoms with Gasteiger partial charge in [-0.2, -0.15) is 5.10 Å². The molecule has 5 rings (SSSR count). The fourth-order valence-corrected chi connectivity index (χ4v) is 4.93. The zero-order valence-corrected chi connectivity index (χ0v) is 19.5. The third kappa shape index (κ3) is 4.55. The second-order valence-electron chi connectivity index (χ2n) is 9.22. The number of amides is 1. The molecule has 3 heterocycles. The van der Waals surface area contributed by atoms with Gasteiger partial charge in [0.1, 0.15) is 11.7 Å². The van der Waals surface area contributed by atoms with E-state index in [0.29, 0.717) is 43.0 Å². The zero-order valence-electron chi connectivity index (χ0n) is 18.7. The smallest absolute Gasteiger partial charge is 0.264 e. The van der Waals surface area contributed by atoms with Crippen molar-refractivity contribution in [3.05, 3.63) is 47.1 Å². The predicted octanol–water partition coefficient (Wildman–Crippen LogP) is 0.717. The molecule has 1 aromatic carbocycles. The van der Waals surface area contributed by atoms with Gasteiger partial charge in [-0.15, -0.1) is 0 Å². The lowest BCUT2D eigenvalue weighted by molar-refractivity contribution is -0.137. The highest BCUT2D eigenvalue weighted by molar-refractivity contribution is 7.92. The lowest BCUT2D eigenvalue weighted by Crippen LogP contribution is -2.50. The predicted molar refractivity (Wildman–Crippen MR) is 125 cm³/mol. The molecule has 2 N–H and O–H groups in total. The fourth-order valence-electron chi connectivity index (χ4n) is 4.37. The molecular formula is C22H26N6O5S. The standard InChI is InChI=1S/C22H26N6O5S/c1-34(32,33)25-16-3-2-4-17(11-16)28-19-18(12-24-28)21(30)27(14-23-19)13-22(31)7-9-26(10-8-22)20(29)15-5-6-15/h2-4,11-12,14-15,25,31H,5-10,13H2,1H3. The van der Waals surface area contributed by atoms with Crippen LogP contribution in [0.5, 0.6) is 0 Å². The molecule has 0 unspecified atom stereocenters. The van der Waals surface area contributed by atoms with Crippen LogP contribution >= 0.6 is 0 Å². The van der Waals surface area contributed by atoms with Crippen molar-refractivity contribution in [1.82, 2.24) is 24.2 Å². The second kappa shape index (κ2) is 8.20. The number of aliphatic hydroxyl groups is 1. The van der Waals surface area contributed by atoms with Crippen LogP contribution in [0.4, 0.5) is 5.69 Å². The van der Waals surface area contributed by atoms with E-state index in [0.717, 1.165) is 19.1 Å². The van der Waals surface area contributed by atoms with Crippen molar-refractivity contribution in [2.45, 2.75) is 37.8 Å². The van der Waals surface area contributed by atoms with Crippen molar-refractivity contribution in [3.8, 4) is 5.69 Å². The van der Waals surface area contributed by atoms with E-state index in [1.165, 1.54) is 21.8 Å². The molecule has 2 aromatic heterocycles. The molecule has 2 fully saturated rings. The number of fused-ring (bicyclic) bond motifs is 1. The van der Waals surface area contributed by atoms with Crippen LogP contribution in [0.1, 0.15) is 25.7 Å². The number of benzene rings is 1. The minimum Gasteiger partial charge on any atom is -0.388 e. The highest BCUT2D eigenvalue weighted by Gasteiger charge is 2.39. The van der Waals surface area contributed by atoms with Crippen LogP contribution in [0.3, 0.4) is 0 Å². The summed E-state index contributed by atoms with van der Waals surface area (Å²) in [7, 11) is -3.44. The number of aromatic nitrogens is 4. The van der Waals surface area contributed by atoms with E-state index in [1.54, 1.807) is 24.3 Å². The SMILES string of the molecule is CS(=O)(=O)Nc1cccc(-n2ncc3c(=O)n(CC4(O)CCN(C(=O)C5CC5)CC4)cnc32)c1. The number of carbonyl (C=O) groups is 1. The average molecular weight is 487 g/mol. The van der Waals surface area contributed by atoms with Gasteiger partial charge in [0, 0.05) is 19.0 Å². The molecule has 2 aliphatic rings. The molecule has 1 aliphatic heterocycles. The summed E-state index contributed by atoms with van der Waals surface area (Å²) >= 11 is 0. The maximum absolute atomic E-state index is 13.1. The molecule has 0 radical (unpaired) electrons. The first-order chi connectivity index (χ1) is 16.1. The molecule has 0 spiro atoms. The van der Waals surface area contributed by atoms with E-state index < -0.39 is 15.6 Å². The third-order valence-electron chi connectivity index (χ3n) is 6.35. The Morgan fingerprint density at radius 3 is 2.68 bits per heavy atom.